The van der Waals surface area contributed by atoms with Crippen LogP contribution in [-0.4, -0.2) is 0 Å². The number of furan rings is 1. The van der Waals surface area contributed by atoms with Crippen molar-refractivity contribution in [2.75, 3.05) is 4.90 Å². The van der Waals surface area contributed by atoms with Crippen LogP contribution in [0.5, 0.6) is 0 Å². The Kier molecular flexibility index (Phi) is 7.39. The van der Waals surface area contributed by atoms with Crippen LogP contribution in [-0.2, 0) is 0 Å². The van der Waals surface area contributed by atoms with E-state index in [1.807, 2.05) is 17.4 Å². The van der Waals surface area contributed by atoms with E-state index in [-0.39, 0.29) is 0 Å². The molecule has 0 radical (unpaired) electrons. The van der Waals surface area contributed by atoms with Gasteiger partial charge in [0.05, 0.1) is 5.69 Å². The Balaban J connectivity index is 1.21. The molecule has 0 fully saturated rings. The number of anilines is 3. The standard InChI is InChI=1S/C52H33NOS/c1-3-14-34(15-4-1)36-30-37(41-22-13-23-47-44-20-9-11-24-49(44)54-52(41)47)32-39(31-36)53(38-26-27-46-45-21-10-12-25-50(45)55-51(46)33-38)48-29-28-40(35-16-5-2-6-17-35)42-18-7-8-19-43(42)48/h1-33H. The Labute approximate surface area is 322 Å². The Bertz CT molecular complexity index is 3210. The van der Waals surface area contributed by atoms with Gasteiger partial charge in [0.25, 0.3) is 0 Å². The largest absolute Gasteiger partial charge is 0.455 e. The summed E-state index contributed by atoms with van der Waals surface area (Å²) in [4.78, 5) is 2.45. The van der Waals surface area contributed by atoms with Crippen LogP contribution in [0.3, 0.4) is 0 Å². The Hall–Kier alpha value is -6.94. The zero-order chi connectivity index (χ0) is 36.3. The lowest BCUT2D eigenvalue weighted by Crippen LogP contribution is -2.11. The molecule has 55 heavy (non-hydrogen) atoms. The number of rotatable bonds is 6. The van der Waals surface area contributed by atoms with E-state index in [1.54, 1.807) is 0 Å². The molecule has 0 saturated carbocycles. The Morgan fingerprint density at radius 1 is 0.345 bits per heavy atom. The third-order valence-corrected chi connectivity index (χ3v) is 12.0. The molecule has 0 N–H and O–H groups in total. The van der Waals surface area contributed by atoms with Gasteiger partial charge in [-0.3, -0.25) is 0 Å². The molecule has 3 heteroatoms. The third-order valence-electron chi connectivity index (χ3n) is 10.8. The monoisotopic (exact) mass is 719 g/mol. The molecule has 0 saturated heterocycles. The lowest BCUT2D eigenvalue weighted by molar-refractivity contribution is 0.670. The van der Waals surface area contributed by atoms with Crippen LogP contribution in [0.2, 0.25) is 0 Å². The topological polar surface area (TPSA) is 16.4 Å². The Morgan fingerprint density at radius 3 is 1.84 bits per heavy atom. The van der Waals surface area contributed by atoms with Crippen molar-refractivity contribution < 1.29 is 4.42 Å². The maximum atomic E-state index is 6.63. The van der Waals surface area contributed by atoms with Gasteiger partial charge < -0.3 is 9.32 Å². The molecular weight excluding hydrogens is 687 g/mol. The number of para-hydroxylation sites is 2. The van der Waals surface area contributed by atoms with Crippen LogP contribution in [0.1, 0.15) is 0 Å². The van der Waals surface area contributed by atoms with E-state index in [9.17, 15) is 0 Å². The van der Waals surface area contributed by atoms with Gasteiger partial charge in [-0.15, -0.1) is 11.3 Å². The molecule has 0 amide bonds. The second-order valence-corrected chi connectivity index (χ2v) is 15.2. The predicted molar refractivity (Wildman–Crippen MR) is 235 cm³/mol. The lowest BCUT2D eigenvalue weighted by atomic mass is 9.94. The maximum Gasteiger partial charge on any atom is 0.143 e. The first-order chi connectivity index (χ1) is 27.3. The number of thiophene rings is 1. The smallest absolute Gasteiger partial charge is 0.143 e. The van der Waals surface area contributed by atoms with E-state index in [4.69, 9.17) is 4.42 Å². The summed E-state index contributed by atoms with van der Waals surface area (Å²) in [5, 5.41) is 7.22. The fourth-order valence-corrected chi connectivity index (χ4v) is 9.44. The van der Waals surface area contributed by atoms with Crippen LogP contribution < -0.4 is 4.90 Å². The fourth-order valence-electron chi connectivity index (χ4n) is 8.30. The van der Waals surface area contributed by atoms with Crippen molar-refractivity contribution in [3.63, 3.8) is 0 Å². The first kappa shape index (κ1) is 31.6. The molecule has 2 heterocycles. The number of fused-ring (bicyclic) bond motifs is 7. The van der Waals surface area contributed by atoms with Crippen LogP contribution in [0.15, 0.2) is 205 Å². The highest BCUT2D eigenvalue weighted by atomic mass is 32.1. The Morgan fingerprint density at radius 2 is 1.00 bits per heavy atom. The van der Waals surface area contributed by atoms with Gasteiger partial charge in [-0.2, -0.15) is 0 Å². The molecular formula is C52H33NOS. The van der Waals surface area contributed by atoms with Crippen LogP contribution >= 0.6 is 11.3 Å². The van der Waals surface area contributed by atoms with Crippen molar-refractivity contribution >= 4 is 81.3 Å². The van der Waals surface area contributed by atoms with E-state index in [1.165, 1.54) is 42.1 Å². The summed E-state index contributed by atoms with van der Waals surface area (Å²) >= 11 is 1.85. The van der Waals surface area contributed by atoms with Crippen molar-refractivity contribution in [2.45, 2.75) is 0 Å². The van der Waals surface area contributed by atoms with Gasteiger partial charge in [0, 0.05) is 53.3 Å². The van der Waals surface area contributed by atoms with E-state index >= 15 is 0 Å². The first-order valence-corrected chi connectivity index (χ1v) is 19.5. The van der Waals surface area contributed by atoms with E-state index in [2.05, 4.69) is 199 Å². The average Bonchev–Trinajstić information content (AvgIpc) is 3.83. The summed E-state index contributed by atoms with van der Waals surface area (Å²) in [5.74, 6) is 0. The second kappa shape index (κ2) is 12.9. The zero-order valence-corrected chi connectivity index (χ0v) is 30.6. The van der Waals surface area contributed by atoms with Gasteiger partial charge in [-0.25, -0.2) is 0 Å². The van der Waals surface area contributed by atoms with Crippen LogP contribution in [0, 0.1) is 0 Å². The molecule has 2 aromatic heterocycles. The summed E-state index contributed by atoms with van der Waals surface area (Å²) in [7, 11) is 0. The SMILES string of the molecule is c1ccc(-c2cc(-c3cccc4c3oc3ccccc34)cc(N(c3ccc4c(c3)sc3ccccc34)c3ccc(-c4ccccc4)c4ccccc34)c2)cc1. The summed E-state index contributed by atoms with van der Waals surface area (Å²) in [6.45, 7) is 0. The zero-order valence-electron chi connectivity index (χ0n) is 29.8. The normalized spacial score (nSPS) is 11.6. The van der Waals surface area contributed by atoms with E-state index in [0.29, 0.717) is 0 Å². The second-order valence-electron chi connectivity index (χ2n) is 14.1. The molecule has 11 rings (SSSR count). The number of hydrogen-bond acceptors (Lipinski definition) is 3. The first-order valence-electron chi connectivity index (χ1n) is 18.7. The van der Waals surface area contributed by atoms with Gasteiger partial charge >= 0.3 is 0 Å². The maximum absolute atomic E-state index is 6.63. The van der Waals surface area contributed by atoms with Gasteiger partial charge in [0.1, 0.15) is 11.2 Å². The number of hydrogen-bond donors (Lipinski definition) is 0. The molecule has 0 aliphatic rings. The lowest BCUT2D eigenvalue weighted by Gasteiger charge is -2.29. The summed E-state index contributed by atoms with van der Waals surface area (Å²) < 4.78 is 9.19. The highest BCUT2D eigenvalue weighted by molar-refractivity contribution is 7.25. The minimum atomic E-state index is 0.896. The van der Waals surface area contributed by atoms with Gasteiger partial charge in [0.2, 0.25) is 0 Å². The van der Waals surface area contributed by atoms with Crippen molar-refractivity contribution in [3.05, 3.63) is 200 Å². The molecule has 0 unspecified atom stereocenters. The quantitative estimate of drug-likeness (QED) is 0.170. The molecule has 258 valence electrons. The van der Waals surface area contributed by atoms with Crippen molar-refractivity contribution in [3.8, 4) is 33.4 Å². The van der Waals surface area contributed by atoms with Crippen molar-refractivity contribution in [1.82, 2.24) is 0 Å². The average molecular weight is 720 g/mol. The molecule has 0 atom stereocenters. The van der Waals surface area contributed by atoms with Crippen molar-refractivity contribution in [1.29, 1.82) is 0 Å². The number of benzene rings is 9. The molecule has 0 bridgehead atoms. The van der Waals surface area contributed by atoms with Crippen LogP contribution in [0.4, 0.5) is 17.1 Å². The molecule has 2 nitrogen and oxygen atoms in total. The van der Waals surface area contributed by atoms with E-state index in [0.717, 1.165) is 61.3 Å². The summed E-state index contributed by atoms with van der Waals surface area (Å²) in [6.07, 6.45) is 0. The van der Waals surface area contributed by atoms with Gasteiger partial charge in [-0.1, -0.05) is 152 Å². The third kappa shape index (κ3) is 5.32. The van der Waals surface area contributed by atoms with Gasteiger partial charge in [0.15, 0.2) is 0 Å². The minimum absolute atomic E-state index is 0.896. The highest BCUT2D eigenvalue weighted by Gasteiger charge is 2.21. The summed E-state index contributed by atoms with van der Waals surface area (Å²) in [5.41, 5.74) is 12.0. The minimum Gasteiger partial charge on any atom is -0.455 e. The van der Waals surface area contributed by atoms with Crippen molar-refractivity contribution in [2.24, 2.45) is 0 Å². The number of nitrogens with zero attached hydrogens (tertiary/aromatic N) is 1. The molecule has 0 aliphatic heterocycles. The van der Waals surface area contributed by atoms with Crippen LogP contribution in [0.25, 0.3) is 86.3 Å². The fraction of sp³-hybridized carbons (Fsp3) is 0. The highest BCUT2D eigenvalue weighted by Crippen LogP contribution is 2.47. The predicted octanol–water partition coefficient (Wildman–Crippen LogP) is 15.6. The van der Waals surface area contributed by atoms with Gasteiger partial charge in [-0.05, 0) is 81.7 Å². The molecule has 9 aromatic carbocycles. The molecule has 0 spiro atoms. The molecule has 11 aromatic rings. The summed E-state index contributed by atoms with van der Waals surface area (Å²) in [6, 6.07) is 72.3. The molecule has 0 aliphatic carbocycles. The van der Waals surface area contributed by atoms with E-state index < -0.39 is 0 Å².